The van der Waals surface area contributed by atoms with Crippen molar-refractivity contribution in [3.8, 4) is 11.8 Å². The molecule has 2 atom stereocenters. The summed E-state index contributed by atoms with van der Waals surface area (Å²) in [5.41, 5.74) is -0.202. The number of benzene rings is 1. The van der Waals surface area contributed by atoms with Crippen LogP contribution in [0.25, 0.3) is 0 Å². The number of aliphatic hydroxyl groups excluding tert-OH is 1. The molecule has 1 aliphatic heterocycles. The summed E-state index contributed by atoms with van der Waals surface area (Å²) in [6.45, 7) is 6.07. The zero-order valence-electron chi connectivity index (χ0n) is 11.1. The van der Waals surface area contributed by atoms with Gasteiger partial charge in [-0.2, -0.15) is 5.26 Å². The molecule has 3 heteroatoms. The van der Waals surface area contributed by atoms with Crippen LogP contribution in [-0.2, 0) is 6.42 Å². The molecule has 1 aromatic carbocycles. The molecule has 2 unspecified atom stereocenters. The van der Waals surface area contributed by atoms with Crippen LogP contribution >= 0.6 is 0 Å². The molecule has 0 aliphatic carbocycles. The summed E-state index contributed by atoms with van der Waals surface area (Å²) in [5, 5.41) is 20.0. The smallest absolute Gasteiger partial charge is 0.122 e. The average Bonchev–Trinajstić information content (AvgIpc) is 2.36. The lowest BCUT2D eigenvalue weighted by Gasteiger charge is -2.41. The number of ether oxygens (including phenoxy) is 1. The number of nitrogens with zero attached hydrogens (tertiary/aromatic N) is 1. The first-order valence-corrected chi connectivity index (χ1v) is 6.19. The minimum atomic E-state index is -0.855. The summed E-state index contributed by atoms with van der Waals surface area (Å²) < 4.78 is 5.66. The topological polar surface area (TPSA) is 53.2 Å². The van der Waals surface area contributed by atoms with Gasteiger partial charge in [0.25, 0.3) is 0 Å². The summed E-state index contributed by atoms with van der Waals surface area (Å²) in [6, 6.07) is 9.99. The zero-order chi connectivity index (χ0) is 13.4. The van der Waals surface area contributed by atoms with Crippen LogP contribution in [0.1, 0.15) is 26.3 Å². The third kappa shape index (κ3) is 2.09. The number of rotatable bonds is 1. The van der Waals surface area contributed by atoms with Crippen molar-refractivity contribution in [1.29, 1.82) is 5.26 Å². The fraction of sp³-hybridized carbons (Fsp3) is 0.533. The van der Waals surface area contributed by atoms with Crippen molar-refractivity contribution in [3.63, 3.8) is 0 Å². The highest BCUT2D eigenvalue weighted by Gasteiger charge is 2.47. The Kier molecular flexibility index (Phi) is 3.08. The van der Waals surface area contributed by atoms with E-state index in [2.05, 4.69) is 6.07 Å². The normalized spacial score (nSPS) is 24.6. The Hall–Kier alpha value is -1.53. The molecule has 96 valence electrons. The predicted molar refractivity (Wildman–Crippen MR) is 69.1 cm³/mol. The summed E-state index contributed by atoms with van der Waals surface area (Å²) in [7, 11) is 0. The molecule has 2 rings (SSSR count). The van der Waals surface area contributed by atoms with Crippen LogP contribution in [0.4, 0.5) is 0 Å². The molecule has 0 saturated carbocycles. The molecular weight excluding hydrogens is 226 g/mol. The summed E-state index contributed by atoms with van der Waals surface area (Å²) in [6.07, 6.45) is -0.179. The van der Waals surface area contributed by atoms with Crippen molar-refractivity contribution >= 4 is 0 Å². The van der Waals surface area contributed by atoms with Crippen molar-refractivity contribution < 1.29 is 9.84 Å². The van der Waals surface area contributed by atoms with Gasteiger partial charge in [0.05, 0.1) is 12.2 Å². The maximum atomic E-state index is 10.5. The highest BCUT2D eigenvalue weighted by atomic mass is 16.5. The summed E-state index contributed by atoms with van der Waals surface area (Å²) in [4.78, 5) is 0. The van der Waals surface area contributed by atoms with E-state index in [0.29, 0.717) is 6.42 Å². The van der Waals surface area contributed by atoms with Crippen molar-refractivity contribution in [3.05, 3.63) is 29.8 Å². The van der Waals surface area contributed by atoms with Crippen molar-refractivity contribution in [2.24, 2.45) is 10.8 Å². The fourth-order valence-corrected chi connectivity index (χ4v) is 2.53. The standard InChI is InChI=1S/C15H19NO2/c1-14(2,3)13(17)15(9-16)8-11-6-4-5-7-12(11)18-10-15/h4-7,13,17H,8,10H2,1-3H3. The molecule has 0 aromatic heterocycles. The molecule has 1 heterocycles. The molecule has 18 heavy (non-hydrogen) atoms. The van der Waals surface area contributed by atoms with Gasteiger partial charge in [-0.3, -0.25) is 0 Å². The van der Waals surface area contributed by atoms with Crippen LogP contribution in [-0.4, -0.2) is 17.8 Å². The van der Waals surface area contributed by atoms with E-state index < -0.39 is 11.5 Å². The van der Waals surface area contributed by atoms with Crippen molar-refractivity contribution in [2.45, 2.75) is 33.3 Å². The lowest BCUT2D eigenvalue weighted by atomic mass is 9.68. The van der Waals surface area contributed by atoms with Gasteiger partial charge < -0.3 is 9.84 Å². The Morgan fingerprint density at radius 3 is 2.67 bits per heavy atom. The highest BCUT2D eigenvalue weighted by Crippen LogP contribution is 2.41. The molecule has 1 N–H and O–H groups in total. The number of fused-ring (bicyclic) bond motifs is 1. The zero-order valence-corrected chi connectivity index (χ0v) is 11.1. The minimum Gasteiger partial charge on any atom is -0.492 e. The van der Waals surface area contributed by atoms with Gasteiger partial charge in [-0.05, 0) is 17.0 Å². The second-order valence-corrected chi connectivity index (χ2v) is 6.11. The van der Waals surface area contributed by atoms with E-state index in [1.165, 1.54) is 0 Å². The van der Waals surface area contributed by atoms with Gasteiger partial charge in [-0.25, -0.2) is 0 Å². The molecule has 0 saturated heterocycles. The number of para-hydroxylation sites is 1. The minimum absolute atomic E-state index is 0.249. The van der Waals surface area contributed by atoms with Gasteiger partial charge in [-0.15, -0.1) is 0 Å². The number of hydrogen-bond donors (Lipinski definition) is 1. The molecule has 0 amide bonds. The molecule has 1 aromatic rings. The molecule has 0 bridgehead atoms. The SMILES string of the molecule is CC(C)(C)C(O)C1(C#N)COc2ccccc2C1. The molecule has 0 radical (unpaired) electrons. The maximum Gasteiger partial charge on any atom is 0.122 e. The van der Waals surface area contributed by atoms with E-state index in [1.807, 2.05) is 45.0 Å². The van der Waals surface area contributed by atoms with E-state index in [4.69, 9.17) is 4.74 Å². The highest BCUT2D eigenvalue weighted by molar-refractivity contribution is 5.38. The fourth-order valence-electron chi connectivity index (χ4n) is 2.53. The van der Waals surface area contributed by atoms with Crippen LogP contribution in [0.3, 0.4) is 0 Å². The molecular formula is C15H19NO2. The largest absolute Gasteiger partial charge is 0.492 e. The first-order chi connectivity index (χ1) is 8.39. The lowest BCUT2D eigenvalue weighted by Crippen LogP contribution is -2.49. The Morgan fingerprint density at radius 1 is 1.39 bits per heavy atom. The van der Waals surface area contributed by atoms with Crippen LogP contribution in [0.15, 0.2) is 24.3 Å². The van der Waals surface area contributed by atoms with Crippen molar-refractivity contribution in [2.75, 3.05) is 6.61 Å². The first-order valence-electron chi connectivity index (χ1n) is 6.19. The van der Waals surface area contributed by atoms with Gasteiger partial charge in [0.2, 0.25) is 0 Å². The average molecular weight is 245 g/mol. The Bertz CT molecular complexity index is 484. The third-order valence-corrected chi connectivity index (χ3v) is 3.53. The predicted octanol–water partition coefficient (Wildman–Crippen LogP) is 2.54. The van der Waals surface area contributed by atoms with E-state index in [1.54, 1.807) is 0 Å². The number of hydrogen-bond acceptors (Lipinski definition) is 3. The molecule has 3 nitrogen and oxygen atoms in total. The molecule has 0 fully saturated rings. The Morgan fingerprint density at radius 2 is 2.06 bits per heavy atom. The Labute approximate surface area is 108 Å². The monoisotopic (exact) mass is 245 g/mol. The summed E-state index contributed by atoms with van der Waals surface area (Å²) >= 11 is 0. The Balaban J connectivity index is 2.36. The van der Waals surface area contributed by atoms with E-state index >= 15 is 0 Å². The van der Waals surface area contributed by atoms with Gasteiger partial charge in [0.15, 0.2) is 0 Å². The number of nitriles is 1. The van der Waals surface area contributed by atoms with Gasteiger partial charge in [0.1, 0.15) is 17.8 Å². The van der Waals surface area contributed by atoms with Crippen LogP contribution in [0.5, 0.6) is 5.75 Å². The van der Waals surface area contributed by atoms with E-state index in [0.717, 1.165) is 11.3 Å². The summed E-state index contributed by atoms with van der Waals surface area (Å²) in [5.74, 6) is 0.824. The van der Waals surface area contributed by atoms with Gasteiger partial charge in [-0.1, -0.05) is 39.0 Å². The maximum absolute atomic E-state index is 10.5. The van der Waals surface area contributed by atoms with Crippen molar-refractivity contribution in [1.82, 2.24) is 0 Å². The first kappa shape index (κ1) is 12.9. The van der Waals surface area contributed by atoms with Gasteiger partial charge in [0, 0.05) is 6.42 Å². The van der Waals surface area contributed by atoms with Gasteiger partial charge >= 0.3 is 0 Å². The van der Waals surface area contributed by atoms with E-state index in [-0.39, 0.29) is 12.0 Å². The second-order valence-electron chi connectivity index (χ2n) is 6.11. The third-order valence-electron chi connectivity index (χ3n) is 3.53. The van der Waals surface area contributed by atoms with Crippen LogP contribution in [0, 0.1) is 22.2 Å². The second kappa shape index (κ2) is 4.29. The van der Waals surface area contributed by atoms with E-state index in [9.17, 15) is 10.4 Å². The molecule has 1 aliphatic rings. The lowest BCUT2D eigenvalue weighted by molar-refractivity contribution is -0.0480. The van der Waals surface area contributed by atoms with Crippen LogP contribution < -0.4 is 4.74 Å². The molecule has 0 spiro atoms. The van der Waals surface area contributed by atoms with Crippen LogP contribution in [0.2, 0.25) is 0 Å². The quantitative estimate of drug-likeness (QED) is 0.827. The number of aliphatic hydroxyl groups is 1.